The fourth-order valence-electron chi connectivity index (χ4n) is 3.59. The second-order valence-electron chi connectivity index (χ2n) is 7.17. The van der Waals surface area contributed by atoms with E-state index in [0.717, 1.165) is 11.3 Å². The second kappa shape index (κ2) is 8.66. The van der Waals surface area contributed by atoms with Crippen LogP contribution >= 0.6 is 11.6 Å². The Morgan fingerprint density at radius 1 is 0.871 bits per heavy atom. The van der Waals surface area contributed by atoms with Gasteiger partial charge in [-0.1, -0.05) is 54.1 Å². The molecule has 4 rings (SSSR count). The lowest BCUT2D eigenvalue weighted by Gasteiger charge is -2.21. The highest BCUT2D eigenvalue weighted by Crippen LogP contribution is 2.34. The molecule has 5 nitrogen and oxygen atoms in total. The fraction of sp³-hybridized carbons (Fsp3) is 0.120. The molecule has 0 aliphatic carbocycles. The number of carbonyl (C=O) groups is 2. The van der Waals surface area contributed by atoms with Crippen molar-refractivity contribution in [3.05, 3.63) is 101 Å². The minimum atomic E-state index is -0.336. The third-order valence-electron chi connectivity index (χ3n) is 5.26. The van der Waals surface area contributed by atoms with E-state index < -0.39 is 0 Å². The highest BCUT2D eigenvalue weighted by atomic mass is 35.5. The number of methoxy groups -OCH3 is 1. The largest absolute Gasteiger partial charge is 0.497 e. The van der Waals surface area contributed by atoms with Crippen LogP contribution in [0, 0.1) is 0 Å². The first-order valence-corrected chi connectivity index (χ1v) is 10.2. The molecule has 0 atom stereocenters. The number of rotatable bonds is 6. The van der Waals surface area contributed by atoms with E-state index in [0.29, 0.717) is 27.6 Å². The first-order valence-electron chi connectivity index (χ1n) is 9.77. The predicted octanol–water partition coefficient (Wildman–Crippen LogP) is 4.77. The van der Waals surface area contributed by atoms with Gasteiger partial charge in [-0.2, -0.15) is 0 Å². The average Bonchev–Trinajstić information content (AvgIpc) is 3.05. The van der Waals surface area contributed by atoms with Crippen molar-refractivity contribution >= 4 is 34.7 Å². The van der Waals surface area contributed by atoms with Gasteiger partial charge in [-0.3, -0.25) is 14.5 Å². The zero-order valence-corrected chi connectivity index (χ0v) is 18.0. The third kappa shape index (κ3) is 4.05. The summed E-state index contributed by atoms with van der Waals surface area (Å²) in [5.41, 5.74) is 3.01. The second-order valence-corrected chi connectivity index (χ2v) is 7.61. The molecule has 2 amide bonds. The molecule has 3 aromatic carbocycles. The van der Waals surface area contributed by atoms with E-state index in [1.165, 1.54) is 4.90 Å². The molecule has 0 saturated heterocycles. The molecule has 1 heterocycles. The molecule has 156 valence electrons. The van der Waals surface area contributed by atoms with Gasteiger partial charge in [-0.25, -0.2) is 0 Å². The van der Waals surface area contributed by atoms with Crippen LogP contribution in [-0.2, 0) is 16.1 Å². The van der Waals surface area contributed by atoms with Crippen molar-refractivity contribution in [2.75, 3.05) is 19.1 Å². The Bertz CT molecular complexity index is 1140. The van der Waals surface area contributed by atoms with E-state index in [4.69, 9.17) is 16.3 Å². The normalized spacial score (nSPS) is 13.7. The monoisotopic (exact) mass is 432 g/mol. The molecule has 0 bridgehead atoms. The van der Waals surface area contributed by atoms with Crippen molar-refractivity contribution in [2.45, 2.75) is 6.54 Å². The van der Waals surface area contributed by atoms with Gasteiger partial charge in [0, 0.05) is 17.8 Å². The lowest BCUT2D eigenvalue weighted by molar-refractivity contribution is -0.137. The Hall–Kier alpha value is -3.57. The maximum Gasteiger partial charge on any atom is 0.278 e. The van der Waals surface area contributed by atoms with E-state index in [2.05, 4.69) is 0 Å². The molecule has 1 aliphatic rings. The summed E-state index contributed by atoms with van der Waals surface area (Å²) in [4.78, 5) is 30.0. The van der Waals surface area contributed by atoms with Crippen molar-refractivity contribution in [3.8, 4) is 5.75 Å². The van der Waals surface area contributed by atoms with Gasteiger partial charge >= 0.3 is 0 Å². The molecule has 0 fully saturated rings. The molecule has 0 saturated carbocycles. The van der Waals surface area contributed by atoms with Gasteiger partial charge in [-0.05, 0) is 47.5 Å². The fourth-order valence-corrected chi connectivity index (χ4v) is 3.71. The molecule has 1 aliphatic heterocycles. The number of imide groups is 1. The SMILES string of the molecule is COc1ccc(C2=C(N(C)c3ccccc3)C(=O)N(Cc3ccc(Cl)cc3)C2=O)cc1. The Labute approximate surface area is 186 Å². The van der Waals surface area contributed by atoms with Gasteiger partial charge in [-0.15, -0.1) is 0 Å². The number of hydrogen-bond donors (Lipinski definition) is 0. The van der Waals surface area contributed by atoms with Gasteiger partial charge in [0.1, 0.15) is 11.4 Å². The first kappa shape index (κ1) is 20.7. The Kier molecular flexibility index (Phi) is 5.78. The number of ether oxygens (including phenoxy) is 1. The highest BCUT2D eigenvalue weighted by Gasteiger charge is 2.41. The molecular weight excluding hydrogens is 412 g/mol. The number of benzene rings is 3. The summed E-state index contributed by atoms with van der Waals surface area (Å²) < 4.78 is 5.23. The number of anilines is 1. The summed E-state index contributed by atoms with van der Waals surface area (Å²) in [5, 5.41) is 0.601. The van der Waals surface area contributed by atoms with Crippen LogP contribution in [0.5, 0.6) is 5.75 Å². The van der Waals surface area contributed by atoms with Crippen molar-refractivity contribution in [2.24, 2.45) is 0 Å². The summed E-state index contributed by atoms with van der Waals surface area (Å²) in [6, 6.07) is 23.8. The number of amides is 2. The number of likely N-dealkylation sites (N-methyl/N-ethyl adjacent to an activating group) is 1. The van der Waals surface area contributed by atoms with Crippen LogP contribution in [0.2, 0.25) is 5.02 Å². The van der Waals surface area contributed by atoms with Crippen LogP contribution in [0.3, 0.4) is 0 Å². The van der Waals surface area contributed by atoms with Crippen LogP contribution in [0.1, 0.15) is 11.1 Å². The lowest BCUT2D eigenvalue weighted by Crippen LogP contribution is -2.33. The summed E-state index contributed by atoms with van der Waals surface area (Å²) in [6.45, 7) is 0.167. The Balaban J connectivity index is 1.77. The average molecular weight is 433 g/mol. The van der Waals surface area contributed by atoms with Crippen molar-refractivity contribution in [1.82, 2.24) is 4.90 Å². The van der Waals surface area contributed by atoms with Crippen LogP contribution in [0.15, 0.2) is 84.6 Å². The maximum absolute atomic E-state index is 13.5. The maximum atomic E-state index is 13.5. The van der Waals surface area contributed by atoms with Gasteiger partial charge in [0.05, 0.1) is 19.2 Å². The van der Waals surface area contributed by atoms with Crippen LogP contribution in [0.4, 0.5) is 5.69 Å². The van der Waals surface area contributed by atoms with Crippen LogP contribution in [0.25, 0.3) is 5.57 Å². The van der Waals surface area contributed by atoms with Crippen LogP contribution in [-0.4, -0.2) is 30.9 Å². The first-order chi connectivity index (χ1) is 15.0. The van der Waals surface area contributed by atoms with Gasteiger partial charge < -0.3 is 9.64 Å². The molecule has 0 N–H and O–H groups in total. The molecule has 31 heavy (non-hydrogen) atoms. The van der Waals surface area contributed by atoms with E-state index in [1.807, 2.05) is 42.5 Å². The number of hydrogen-bond acceptors (Lipinski definition) is 4. The molecule has 0 radical (unpaired) electrons. The van der Waals surface area contributed by atoms with Gasteiger partial charge in [0.15, 0.2) is 0 Å². The van der Waals surface area contributed by atoms with E-state index in [-0.39, 0.29) is 18.4 Å². The molecular formula is C25H21ClN2O3. The highest BCUT2D eigenvalue weighted by molar-refractivity contribution is 6.36. The quantitative estimate of drug-likeness (QED) is 0.527. The lowest BCUT2D eigenvalue weighted by atomic mass is 10.0. The van der Waals surface area contributed by atoms with Gasteiger partial charge in [0.25, 0.3) is 11.8 Å². The predicted molar refractivity (Wildman–Crippen MR) is 122 cm³/mol. The Morgan fingerprint density at radius 3 is 2.13 bits per heavy atom. The smallest absolute Gasteiger partial charge is 0.278 e. The molecule has 0 aromatic heterocycles. The van der Waals surface area contributed by atoms with E-state index in [9.17, 15) is 9.59 Å². The number of carbonyl (C=O) groups excluding carboxylic acids is 2. The molecule has 3 aromatic rings. The van der Waals surface area contributed by atoms with Crippen molar-refractivity contribution in [1.29, 1.82) is 0 Å². The molecule has 6 heteroatoms. The zero-order chi connectivity index (χ0) is 22.0. The number of halogens is 1. The van der Waals surface area contributed by atoms with E-state index >= 15 is 0 Å². The topological polar surface area (TPSA) is 49.9 Å². The number of para-hydroxylation sites is 1. The summed E-state index contributed by atoms with van der Waals surface area (Å²) >= 11 is 5.97. The minimum Gasteiger partial charge on any atom is -0.497 e. The standard InChI is InChI=1S/C25H21ClN2O3/c1-27(20-6-4-3-5-7-20)23-22(18-10-14-21(31-2)15-11-18)24(29)28(25(23)30)16-17-8-12-19(26)13-9-17/h3-15H,16H2,1-2H3. The summed E-state index contributed by atoms with van der Waals surface area (Å²) in [5.74, 6) is 0.0112. The summed E-state index contributed by atoms with van der Waals surface area (Å²) in [7, 11) is 3.38. The molecule has 0 spiro atoms. The van der Waals surface area contributed by atoms with E-state index in [1.54, 1.807) is 55.5 Å². The number of nitrogens with zero attached hydrogens (tertiary/aromatic N) is 2. The van der Waals surface area contributed by atoms with Crippen molar-refractivity contribution in [3.63, 3.8) is 0 Å². The summed E-state index contributed by atoms with van der Waals surface area (Å²) in [6.07, 6.45) is 0. The van der Waals surface area contributed by atoms with Crippen molar-refractivity contribution < 1.29 is 14.3 Å². The molecule has 0 unspecified atom stereocenters. The third-order valence-corrected chi connectivity index (χ3v) is 5.51. The Morgan fingerprint density at radius 2 is 1.52 bits per heavy atom. The van der Waals surface area contributed by atoms with Crippen LogP contribution < -0.4 is 9.64 Å². The minimum absolute atomic E-state index is 0.167. The zero-order valence-electron chi connectivity index (χ0n) is 17.2. The van der Waals surface area contributed by atoms with Gasteiger partial charge in [0.2, 0.25) is 0 Å².